The molecule has 4 unspecified atom stereocenters. The molecule has 1 aromatic carbocycles. The van der Waals surface area contributed by atoms with Crippen molar-refractivity contribution in [2.24, 2.45) is 17.8 Å². The van der Waals surface area contributed by atoms with Gasteiger partial charge in [-0.2, -0.15) is 0 Å². The summed E-state index contributed by atoms with van der Waals surface area (Å²) in [5.41, 5.74) is 6.95. The van der Waals surface area contributed by atoms with Crippen LogP contribution in [0.3, 0.4) is 0 Å². The van der Waals surface area contributed by atoms with Crippen molar-refractivity contribution in [3.63, 3.8) is 0 Å². The van der Waals surface area contributed by atoms with E-state index in [1.807, 2.05) is 6.92 Å². The maximum Gasteiger partial charge on any atom is 0.306 e. The van der Waals surface area contributed by atoms with Crippen LogP contribution < -0.4 is 10.9 Å². The quantitative estimate of drug-likeness (QED) is 0.772. The number of carbonyl (C=O) groups excluding carboxylic acids is 1. The van der Waals surface area contributed by atoms with E-state index < -0.39 is 5.97 Å². The number of nitrogens with one attached hydrogen (secondary N) is 2. The second-order valence-corrected chi connectivity index (χ2v) is 6.66. The molecule has 0 aliphatic carbocycles. The molecule has 0 bridgehead atoms. The Morgan fingerprint density at radius 1 is 1.25 bits per heavy atom. The predicted octanol–water partition coefficient (Wildman–Crippen LogP) is 1.16. The van der Waals surface area contributed by atoms with Crippen LogP contribution in [0.4, 0.5) is 4.39 Å². The van der Waals surface area contributed by atoms with Gasteiger partial charge < -0.3 is 10.0 Å². The van der Waals surface area contributed by atoms with Gasteiger partial charge in [0.15, 0.2) is 0 Å². The monoisotopic (exact) mass is 335 g/mol. The number of likely N-dealkylation sites (tertiary alicyclic amines) is 1. The van der Waals surface area contributed by atoms with Gasteiger partial charge in [0.25, 0.3) is 0 Å². The van der Waals surface area contributed by atoms with Crippen LogP contribution in [-0.4, -0.2) is 41.5 Å². The zero-order valence-electron chi connectivity index (χ0n) is 13.5. The number of carbonyl (C=O) groups is 2. The largest absolute Gasteiger partial charge is 0.481 e. The van der Waals surface area contributed by atoms with Gasteiger partial charge >= 0.3 is 5.97 Å². The molecule has 2 saturated heterocycles. The van der Waals surface area contributed by atoms with Crippen molar-refractivity contribution in [3.05, 3.63) is 35.6 Å². The lowest BCUT2D eigenvalue weighted by Crippen LogP contribution is -2.48. The summed E-state index contributed by atoms with van der Waals surface area (Å²) in [6, 6.07) is 5.92. The SMILES string of the molecule is CC1CN(C(=O)C2CNNC2c2ccc(F)cc2)CCC1C(=O)O. The van der Waals surface area contributed by atoms with Crippen molar-refractivity contribution in [2.45, 2.75) is 19.4 Å². The molecule has 2 fully saturated rings. The smallest absolute Gasteiger partial charge is 0.306 e. The van der Waals surface area contributed by atoms with Crippen LogP contribution in [0.25, 0.3) is 0 Å². The van der Waals surface area contributed by atoms with Gasteiger partial charge in [0, 0.05) is 19.6 Å². The van der Waals surface area contributed by atoms with Gasteiger partial charge in [-0.25, -0.2) is 9.82 Å². The average Bonchev–Trinajstić information content (AvgIpc) is 3.04. The van der Waals surface area contributed by atoms with E-state index in [0.29, 0.717) is 26.1 Å². The third-order valence-electron chi connectivity index (χ3n) is 5.06. The van der Waals surface area contributed by atoms with E-state index >= 15 is 0 Å². The molecule has 0 radical (unpaired) electrons. The Morgan fingerprint density at radius 3 is 2.58 bits per heavy atom. The molecule has 1 aromatic rings. The first-order chi connectivity index (χ1) is 11.5. The molecule has 3 N–H and O–H groups in total. The number of aliphatic carboxylic acids is 1. The van der Waals surface area contributed by atoms with E-state index in [2.05, 4.69) is 10.9 Å². The van der Waals surface area contributed by atoms with Crippen LogP contribution in [0.15, 0.2) is 24.3 Å². The highest BCUT2D eigenvalue weighted by Crippen LogP contribution is 2.30. The van der Waals surface area contributed by atoms with E-state index in [-0.39, 0.29) is 35.5 Å². The van der Waals surface area contributed by atoms with Crippen molar-refractivity contribution in [1.82, 2.24) is 15.8 Å². The highest BCUT2D eigenvalue weighted by molar-refractivity contribution is 5.81. The maximum atomic E-state index is 13.1. The van der Waals surface area contributed by atoms with Crippen LogP contribution in [0.2, 0.25) is 0 Å². The molecule has 2 aliphatic heterocycles. The van der Waals surface area contributed by atoms with Crippen LogP contribution in [0, 0.1) is 23.6 Å². The van der Waals surface area contributed by atoms with Crippen molar-refractivity contribution >= 4 is 11.9 Å². The van der Waals surface area contributed by atoms with E-state index in [1.165, 1.54) is 12.1 Å². The first-order valence-corrected chi connectivity index (χ1v) is 8.23. The molecule has 130 valence electrons. The number of carboxylic acids is 1. The van der Waals surface area contributed by atoms with Gasteiger partial charge in [-0.15, -0.1) is 0 Å². The fourth-order valence-corrected chi connectivity index (χ4v) is 3.66. The zero-order chi connectivity index (χ0) is 17.3. The van der Waals surface area contributed by atoms with E-state index in [4.69, 9.17) is 0 Å². The predicted molar refractivity (Wildman–Crippen MR) is 85.3 cm³/mol. The number of rotatable bonds is 3. The summed E-state index contributed by atoms with van der Waals surface area (Å²) in [4.78, 5) is 25.9. The second-order valence-electron chi connectivity index (χ2n) is 6.66. The number of amides is 1. The minimum absolute atomic E-state index is 0.0116. The summed E-state index contributed by atoms with van der Waals surface area (Å²) in [5, 5.41) is 9.20. The Balaban J connectivity index is 1.70. The van der Waals surface area contributed by atoms with E-state index in [0.717, 1.165) is 5.56 Å². The van der Waals surface area contributed by atoms with Crippen LogP contribution >= 0.6 is 0 Å². The molecule has 2 heterocycles. The van der Waals surface area contributed by atoms with Crippen LogP contribution in [-0.2, 0) is 9.59 Å². The maximum absolute atomic E-state index is 13.1. The summed E-state index contributed by atoms with van der Waals surface area (Å²) in [7, 11) is 0. The lowest BCUT2D eigenvalue weighted by molar-refractivity contribution is -0.149. The number of piperidine rings is 1. The average molecular weight is 335 g/mol. The third kappa shape index (κ3) is 3.27. The number of hydrogen-bond acceptors (Lipinski definition) is 4. The van der Waals surface area contributed by atoms with Gasteiger partial charge in [0.1, 0.15) is 5.82 Å². The molecular formula is C17H22FN3O3. The fourth-order valence-electron chi connectivity index (χ4n) is 3.66. The molecule has 7 heteroatoms. The number of hydrazine groups is 1. The number of hydrogen-bond donors (Lipinski definition) is 3. The molecule has 0 aromatic heterocycles. The second kappa shape index (κ2) is 6.86. The number of carboxylic acid groups (broad SMARTS) is 1. The van der Waals surface area contributed by atoms with Gasteiger partial charge in [0.05, 0.1) is 17.9 Å². The van der Waals surface area contributed by atoms with Crippen LogP contribution in [0.1, 0.15) is 24.9 Å². The molecule has 1 amide bonds. The minimum atomic E-state index is -0.789. The summed E-state index contributed by atoms with van der Waals surface area (Å²) in [6.07, 6.45) is 0.483. The Bertz CT molecular complexity index is 622. The molecule has 0 spiro atoms. The molecule has 3 rings (SSSR count). The molecule has 0 saturated carbocycles. The number of benzene rings is 1. The highest BCUT2D eigenvalue weighted by atomic mass is 19.1. The Kier molecular flexibility index (Phi) is 4.82. The number of nitrogens with zero attached hydrogens (tertiary/aromatic N) is 1. The molecule has 24 heavy (non-hydrogen) atoms. The Labute approximate surface area is 140 Å². The topological polar surface area (TPSA) is 81.7 Å². The summed E-state index contributed by atoms with van der Waals surface area (Å²) >= 11 is 0. The summed E-state index contributed by atoms with van der Waals surface area (Å²) < 4.78 is 13.1. The van der Waals surface area contributed by atoms with Crippen molar-refractivity contribution in [1.29, 1.82) is 0 Å². The first kappa shape index (κ1) is 16.9. The molecule has 4 atom stereocenters. The molecular weight excluding hydrogens is 313 g/mol. The normalized spacial score (nSPS) is 30.3. The molecule has 2 aliphatic rings. The summed E-state index contributed by atoms with van der Waals surface area (Å²) in [6.45, 7) is 3.30. The molecule has 6 nitrogen and oxygen atoms in total. The standard InChI is InChI=1S/C17H22FN3O3/c1-10-9-21(7-6-13(10)17(23)24)16(22)14-8-19-20-15(14)11-2-4-12(18)5-3-11/h2-5,10,13-15,19-20H,6-9H2,1H3,(H,23,24). The van der Waals surface area contributed by atoms with Gasteiger partial charge in [-0.1, -0.05) is 19.1 Å². The Hall–Kier alpha value is -1.99. The first-order valence-electron chi connectivity index (χ1n) is 8.23. The van der Waals surface area contributed by atoms with Gasteiger partial charge in [0.2, 0.25) is 5.91 Å². The Morgan fingerprint density at radius 2 is 1.96 bits per heavy atom. The van der Waals surface area contributed by atoms with E-state index in [1.54, 1.807) is 17.0 Å². The minimum Gasteiger partial charge on any atom is -0.481 e. The van der Waals surface area contributed by atoms with Gasteiger partial charge in [-0.05, 0) is 30.0 Å². The number of halogens is 1. The van der Waals surface area contributed by atoms with Crippen molar-refractivity contribution in [2.75, 3.05) is 19.6 Å². The van der Waals surface area contributed by atoms with Crippen molar-refractivity contribution in [3.8, 4) is 0 Å². The fraction of sp³-hybridized carbons (Fsp3) is 0.529. The lowest BCUT2D eigenvalue weighted by atomic mass is 9.85. The van der Waals surface area contributed by atoms with E-state index in [9.17, 15) is 19.1 Å². The lowest BCUT2D eigenvalue weighted by Gasteiger charge is -2.36. The zero-order valence-corrected chi connectivity index (χ0v) is 13.5. The highest BCUT2D eigenvalue weighted by Gasteiger charge is 2.40. The van der Waals surface area contributed by atoms with Crippen molar-refractivity contribution < 1.29 is 19.1 Å². The summed E-state index contributed by atoms with van der Waals surface area (Å²) in [5.74, 6) is -1.82. The van der Waals surface area contributed by atoms with Gasteiger partial charge in [-0.3, -0.25) is 15.0 Å². The van der Waals surface area contributed by atoms with Crippen LogP contribution in [0.5, 0.6) is 0 Å². The third-order valence-corrected chi connectivity index (χ3v) is 5.06.